The lowest BCUT2D eigenvalue weighted by Crippen LogP contribution is -2.13. The number of esters is 1. The largest absolute Gasteiger partial charge is 0.469 e. The van der Waals surface area contributed by atoms with E-state index in [2.05, 4.69) is 4.74 Å². The molecule has 0 amide bonds. The molecule has 86 valence electrons. The standard InChI is InChI=1S/C12H20O3/c1-15-12(14)9-5-7-10-6-3-2-4-8-11(10)13/h10H,2-9H2,1H3. The van der Waals surface area contributed by atoms with Crippen molar-refractivity contribution < 1.29 is 14.3 Å². The highest BCUT2D eigenvalue weighted by atomic mass is 16.5. The maximum absolute atomic E-state index is 11.6. The molecule has 15 heavy (non-hydrogen) atoms. The summed E-state index contributed by atoms with van der Waals surface area (Å²) in [6.07, 6.45) is 7.22. The Labute approximate surface area is 91.2 Å². The predicted octanol–water partition coefficient (Wildman–Crippen LogP) is 2.48. The molecule has 0 aliphatic heterocycles. The van der Waals surface area contributed by atoms with Crippen LogP contribution in [0.25, 0.3) is 0 Å². The molecule has 0 aromatic carbocycles. The molecule has 1 aliphatic rings. The fraction of sp³-hybridized carbons (Fsp3) is 0.833. The van der Waals surface area contributed by atoms with E-state index >= 15 is 0 Å². The van der Waals surface area contributed by atoms with Gasteiger partial charge in [-0.3, -0.25) is 9.59 Å². The molecule has 1 rings (SSSR count). The smallest absolute Gasteiger partial charge is 0.305 e. The van der Waals surface area contributed by atoms with Gasteiger partial charge in [0.05, 0.1) is 7.11 Å². The third kappa shape index (κ3) is 4.45. The van der Waals surface area contributed by atoms with Gasteiger partial charge in [0.1, 0.15) is 5.78 Å². The van der Waals surface area contributed by atoms with E-state index in [-0.39, 0.29) is 11.9 Å². The fourth-order valence-electron chi connectivity index (χ4n) is 2.13. The fourth-order valence-corrected chi connectivity index (χ4v) is 2.13. The summed E-state index contributed by atoms with van der Waals surface area (Å²) in [5, 5.41) is 0. The Morgan fingerprint density at radius 1 is 1.40 bits per heavy atom. The summed E-state index contributed by atoms with van der Waals surface area (Å²) in [4.78, 5) is 22.5. The van der Waals surface area contributed by atoms with Crippen LogP contribution in [0.1, 0.15) is 51.4 Å². The molecule has 1 saturated carbocycles. The first-order valence-corrected chi connectivity index (χ1v) is 5.83. The molecule has 0 spiro atoms. The van der Waals surface area contributed by atoms with Crippen LogP contribution < -0.4 is 0 Å². The molecule has 0 heterocycles. The van der Waals surface area contributed by atoms with Gasteiger partial charge in [-0.15, -0.1) is 0 Å². The van der Waals surface area contributed by atoms with Crippen LogP contribution in [0, 0.1) is 5.92 Å². The zero-order chi connectivity index (χ0) is 11.1. The van der Waals surface area contributed by atoms with Crippen LogP contribution in [0.4, 0.5) is 0 Å². The second-order valence-electron chi connectivity index (χ2n) is 4.23. The second kappa shape index (κ2) is 6.59. The summed E-state index contributed by atoms with van der Waals surface area (Å²) in [5.74, 6) is 0.436. The van der Waals surface area contributed by atoms with E-state index in [1.807, 2.05) is 0 Å². The van der Waals surface area contributed by atoms with Gasteiger partial charge in [0.2, 0.25) is 0 Å². The second-order valence-corrected chi connectivity index (χ2v) is 4.23. The molecule has 1 unspecified atom stereocenters. The number of carbonyl (C=O) groups excluding carboxylic acids is 2. The number of hydrogen-bond donors (Lipinski definition) is 0. The molecule has 0 N–H and O–H groups in total. The van der Waals surface area contributed by atoms with E-state index in [1.165, 1.54) is 13.5 Å². The molecule has 3 heteroatoms. The van der Waals surface area contributed by atoms with Gasteiger partial charge in [-0.25, -0.2) is 0 Å². The molecule has 1 atom stereocenters. The van der Waals surface area contributed by atoms with E-state index in [1.54, 1.807) is 0 Å². The third-order valence-electron chi connectivity index (χ3n) is 3.09. The van der Waals surface area contributed by atoms with Gasteiger partial charge >= 0.3 is 5.97 Å². The van der Waals surface area contributed by atoms with Crippen LogP contribution in [0.15, 0.2) is 0 Å². The topological polar surface area (TPSA) is 43.4 Å². The van der Waals surface area contributed by atoms with Crippen molar-refractivity contribution in [3.05, 3.63) is 0 Å². The summed E-state index contributed by atoms with van der Waals surface area (Å²) in [6.45, 7) is 0. The third-order valence-corrected chi connectivity index (χ3v) is 3.09. The molecular formula is C12H20O3. The molecule has 0 saturated heterocycles. The van der Waals surface area contributed by atoms with Crippen LogP contribution >= 0.6 is 0 Å². The number of rotatable bonds is 4. The molecule has 0 aromatic heterocycles. The lowest BCUT2D eigenvalue weighted by atomic mass is 9.93. The van der Waals surface area contributed by atoms with Crippen molar-refractivity contribution in [3.8, 4) is 0 Å². The highest BCUT2D eigenvalue weighted by Crippen LogP contribution is 2.24. The minimum absolute atomic E-state index is 0.170. The SMILES string of the molecule is COC(=O)CCCC1CCCCCC1=O. The summed E-state index contributed by atoms with van der Waals surface area (Å²) in [6, 6.07) is 0. The number of carbonyl (C=O) groups is 2. The molecule has 0 aromatic rings. The van der Waals surface area contributed by atoms with Crippen molar-refractivity contribution in [2.75, 3.05) is 7.11 Å². The maximum atomic E-state index is 11.6. The average Bonchev–Trinajstić information content (AvgIpc) is 2.44. The highest BCUT2D eigenvalue weighted by Gasteiger charge is 2.20. The van der Waals surface area contributed by atoms with Gasteiger partial charge in [-0.05, 0) is 25.7 Å². The van der Waals surface area contributed by atoms with E-state index in [9.17, 15) is 9.59 Å². The Kier molecular flexibility index (Phi) is 5.37. The lowest BCUT2D eigenvalue weighted by molar-refractivity contribution is -0.141. The Hall–Kier alpha value is -0.860. The van der Waals surface area contributed by atoms with Gasteiger partial charge in [0.25, 0.3) is 0 Å². The van der Waals surface area contributed by atoms with Gasteiger partial charge in [-0.1, -0.05) is 12.8 Å². The minimum atomic E-state index is -0.170. The Bertz CT molecular complexity index is 223. The number of methoxy groups -OCH3 is 1. The van der Waals surface area contributed by atoms with Crippen molar-refractivity contribution in [1.82, 2.24) is 0 Å². The van der Waals surface area contributed by atoms with Crippen molar-refractivity contribution >= 4 is 11.8 Å². The summed E-state index contributed by atoms with van der Waals surface area (Å²) in [5.41, 5.74) is 0. The van der Waals surface area contributed by atoms with E-state index in [0.29, 0.717) is 12.2 Å². The first-order chi connectivity index (χ1) is 7.24. The molecule has 0 radical (unpaired) electrons. The number of ketones is 1. The first-order valence-electron chi connectivity index (χ1n) is 5.83. The predicted molar refractivity (Wildman–Crippen MR) is 57.4 cm³/mol. The van der Waals surface area contributed by atoms with E-state index < -0.39 is 0 Å². The van der Waals surface area contributed by atoms with Gasteiger partial charge in [-0.2, -0.15) is 0 Å². The van der Waals surface area contributed by atoms with Crippen LogP contribution in [0.2, 0.25) is 0 Å². The van der Waals surface area contributed by atoms with Crippen molar-refractivity contribution in [2.45, 2.75) is 51.4 Å². The van der Waals surface area contributed by atoms with E-state index in [4.69, 9.17) is 0 Å². The van der Waals surface area contributed by atoms with Crippen LogP contribution in [-0.2, 0) is 14.3 Å². The van der Waals surface area contributed by atoms with Crippen LogP contribution in [0.5, 0.6) is 0 Å². The number of hydrogen-bond acceptors (Lipinski definition) is 3. The Balaban J connectivity index is 2.23. The lowest BCUT2D eigenvalue weighted by Gasteiger charge is -2.11. The number of Topliss-reactive ketones (excluding diaryl/α,β-unsaturated/α-hetero) is 1. The zero-order valence-corrected chi connectivity index (χ0v) is 9.46. The first kappa shape index (κ1) is 12.2. The quantitative estimate of drug-likeness (QED) is 0.531. The maximum Gasteiger partial charge on any atom is 0.305 e. The summed E-state index contributed by atoms with van der Waals surface area (Å²) >= 11 is 0. The van der Waals surface area contributed by atoms with Crippen molar-refractivity contribution in [1.29, 1.82) is 0 Å². The normalized spacial score (nSPS) is 22.2. The molecule has 3 nitrogen and oxygen atoms in total. The summed E-state index contributed by atoms with van der Waals surface area (Å²) in [7, 11) is 1.40. The summed E-state index contributed by atoms with van der Waals surface area (Å²) < 4.78 is 4.57. The molecule has 1 fully saturated rings. The molecule has 0 bridgehead atoms. The average molecular weight is 212 g/mol. The Morgan fingerprint density at radius 3 is 2.93 bits per heavy atom. The van der Waals surface area contributed by atoms with Gasteiger partial charge in [0, 0.05) is 18.8 Å². The number of ether oxygens (including phenoxy) is 1. The molecular weight excluding hydrogens is 192 g/mol. The van der Waals surface area contributed by atoms with E-state index in [0.717, 1.165) is 38.5 Å². The van der Waals surface area contributed by atoms with Crippen LogP contribution in [0.3, 0.4) is 0 Å². The minimum Gasteiger partial charge on any atom is -0.469 e. The van der Waals surface area contributed by atoms with Crippen molar-refractivity contribution in [3.63, 3.8) is 0 Å². The van der Waals surface area contributed by atoms with Crippen molar-refractivity contribution in [2.24, 2.45) is 5.92 Å². The highest BCUT2D eigenvalue weighted by molar-refractivity contribution is 5.81. The Morgan fingerprint density at radius 2 is 2.20 bits per heavy atom. The van der Waals surface area contributed by atoms with Gasteiger partial charge < -0.3 is 4.74 Å². The van der Waals surface area contributed by atoms with Gasteiger partial charge in [0.15, 0.2) is 0 Å². The van der Waals surface area contributed by atoms with Crippen LogP contribution in [-0.4, -0.2) is 18.9 Å². The molecule has 1 aliphatic carbocycles. The zero-order valence-electron chi connectivity index (χ0n) is 9.46. The monoisotopic (exact) mass is 212 g/mol.